The van der Waals surface area contributed by atoms with E-state index in [2.05, 4.69) is 25.3 Å². The molecule has 4 aromatic heterocycles. The average molecular weight is 531 g/mol. The van der Waals surface area contributed by atoms with E-state index in [1.165, 1.54) is 18.0 Å². The summed E-state index contributed by atoms with van der Waals surface area (Å²) in [6.45, 7) is 1.32. The van der Waals surface area contributed by atoms with Crippen molar-refractivity contribution in [2.75, 3.05) is 25.6 Å². The van der Waals surface area contributed by atoms with E-state index in [1.54, 1.807) is 30.3 Å². The van der Waals surface area contributed by atoms with Gasteiger partial charge in [-0.05, 0) is 43.2 Å². The molecule has 2 fully saturated rings. The second kappa shape index (κ2) is 10.4. The van der Waals surface area contributed by atoms with E-state index in [0.717, 1.165) is 25.7 Å². The lowest BCUT2D eigenvalue weighted by molar-refractivity contribution is 0.0686. The van der Waals surface area contributed by atoms with Gasteiger partial charge in [-0.1, -0.05) is 0 Å². The van der Waals surface area contributed by atoms with Crippen LogP contribution in [0.2, 0.25) is 0 Å². The number of ether oxygens (including phenoxy) is 3. The zero-order chi connectivity index (χ0) is 26.9. The molecule has 1 aliphatic heterocycles. The molecule has 12 heteroatoms. The van der Waals surface area contributed by atoms with E-state index in [0.29, 0.717) is 64.9 Å². The maximum Gasteiger partial charge on any atom is 0.274 e. The lowest BCUT2D eigenvalue weighted by Crippen LogP contribution is -2.30. The number of nitrogens with two attached hydrogens (primary N) is 1. The van der Waals surface area contributed by atoms with Crippen molar-refractivity contribution in [3.63, 3.8) is 0 Å². The lowest BCUT2D eigenvalue weighted by Gasteiger charge is -2.25. The normalized spacial score (nSPS) is 16.4. The van der Waals surface area contributed by atoms with E-state index >= 15 is 0 Å². The van der Waals surface area contributed by atoms with Crippen LogP contribution in [0.15, 0.2) is 48.0 Å². The number of hydrogen-bond donors (Lipinski definition) is 2. The fourth-order valence-electron chi connectivity index (χ4n) is 4.93. The molecule has 0 unspecified atom stereocenters. The minimum absolute atomic E-state index is 0.0796. The summed E-state index contributed by atoms with van der Waals surface area (Å²) in [5, 5.41) is 3.28. The molecule has 202 valence electrons. The Hall–Kier alpha value is -4.45. The Balaban J connectivity index is 1.37. The van der Waals surface area contributed by atoms with Gasteiger partial charge in [-0.2, -0.15) is 4.98 Å². The minimum Gasteiger partial charge on any atom is -0.491 e. The first-order valence-corrected chi connectivity index (χ1v) is 12.9. The average Bonchev–Trinajstić information content (AvgIpc) is 3.78. The molecule has 0 spiro atoms. The topological polar surface area (TPSA) is 144 Å². The highest BCUT2D eigenvalue weighted by Crippen LogP contribution is 2.41. The summed E-state index contributed by atoms with van der Waals surface area (Å²) < 4.78 is 21.0. The predicted octanol–water partition coefficient (Wildman–Crippen LogP) is 3.24. The highest BCUT2D eigenvalue weighted by molar-refractivity contribution is 5.85. The van der Waals surface area contributed by atoms with Crippen molar-refractivity contribution in [2.24, 2.45) is 12.8 Å². The molecule has 1 saturated carbocycles. The van der Waals surface area contributed by atoms with E-state index in [-0.39, 0.29) is 11.6 Å². The fraction of sp³-hybridized carbons (Fsp3) is 0.370. The molecule has 12 nitrogen and oxygen atoms in total. The van der Waals surface area contributed by atoms with Gasteiger partial charge in [-0.15, -0.1) is 0 Å². The van der Waals surface area contributed by atoms with Gasteiger partial charge in [0, 0.05) is 51.1 Å². The first-order valence-electron chi connectivity index (χ1n) is 12.9. The first-order chi connectivity index (χ1) is 19.1. The van der Waals surface area contributed by atoms with Crippen LogP contribution in [0.3, 0.4) is 0 Å². The molecule has 6 rings (SSSR count). The van der Waals surface area contributed by atoms with Gasteiger partial charge in [0.1, 0.15) is 16.9 Å². The number of nitrogens with zero attached hydrogens (tertiary/aromatic N) is 6. The quantitative estimate of drug-likeness (QED) is 0.326. The molecule has 0 bridgehead atoms. The van der Waals surface area contributed by atoms with Gasteiger partial charge < -0.3 is 34.4 Å². The van der Waals surface area contributed by atoms with Crippen molar-refractivity contribution in [1.82, 2.24) is 29.1 Å². The van der Waals surface area contributed by atoms with E-state index in [9.17, 15) is 4.79 Å². The third-order valence-electron chi connectivity index (χ3n) is 7.15. The predicted molar refractivity (Wildman–Crippen MR) is 145 cm³/mol. The molecular formula is C27H30N8O4. The van der Waals surface area contributed by atoms with E-state index < -0.39 is 0 Å². The number of nitrogens with one attached hydrogen (secondary N) is 1. The zero-order valence-corrected chi connectivity index (χ0v) is 21.8. The third kappa shape index (κ3) is 4.78. The van der Waals surface area contributed by atoms with Crippen molar-refractivity contribution >= 4 is 28.6 Å². The number of aryl methyl sites for hydroxylation is 1. The van der Waals surface area contributed by atoms with Crippen LogP contribution in [-0.4, -0.2) is 49.4 Å². The van der Waals surface area contributed by atoms with Crippen molar-refractivity contribution < 1.29 is 14.2 Å². The van der Waals surface area contributed by atoms with Crippen molar-refractivity contribution in [1.29, 1.82) is 0 Å². The number of methoxy groups -OCH3 is 1. The van der Waals surface area contributed by atoms with Crippen LogP contribution in [0, 0.1) is 0 Å². The Bertz CT molecular complexity index is 1590. The molecule has 1 saturated heterocycles. The molecule has 0 aromatic carbocycles. The maximum atomic E-state index is 13.6. The molecule has 4 aromatic rings. The lowest BCUT2D eigenvalue weighted by atomic mass is 10.1. The summed E-state index contributed by atoms with van der Waals surface area (Å²) in [5.74, 6) is 1.99. The summed E-state index contributed by atoms with van der Waals surface area (Å²) in [6.07, 6.45) is 13.4. The molecule has 3 N–H and O–H groups in total. The van der Waals surface area contributed by atoms with Crippen LogP contribution < -0.4 is 26.1 Å². The molecule has 5 heterocycles. The van der Waals surface area contributed by atoms with Crippen LogP contribution in [0.1, 0.15) is 48.9 Å². The zero-order valence-electron chi connectivity index (χ0n) is 21.8. The summed E-state index contributed by atoms with van der Waals surface area (Å²) in [6, 6.07) is 2.07. The Labute approximate surface area is 224 Å². The number of rotatable bonds is 8. The Morgan fingerprint density at radius 1 is 1.18 bits per heavy atom. The minimum atomic E-state index is -0.0796. The van der Waals surface area contributed by atoms with Gasteiger partial charge in [0.2, 0.25) is 5.95 Å². The molecule has 1 aliphatic carbocycles. The number of aromatic nitrogens is 6. The van der Waals surface area contributed by atoms with E-state index in [4.69, 9.17) is 19.9 Å². The summed E-state index contributed by atoms with van der Waals surface area (Å²) in [5.41, 5.74) is 8.87. The first kappa shape index (κ1) is 24.9. The van der Waals surface area contributed by atoms with Gasteiger partial charge in [0.15, 0.2) is 22.9 Å². The Morgan fingerprint density at radius 3 is 2.69 bits per heavy atom. The number of fused-ring (bicyclic) bond motifs is 1. The number of hydrogen-bond acceptors (Lipinski definition) is 10. The van der Waals surface area contributed by atoms with Crippen molar-refractivity contribution in [3.8, 4) is 11.5 Å². The number of anilines is 2. The van der Waals surface area contributed by atoms with Crippen LogP contribution in [-0.2, 0) is 11.8 Å². The number of pyridine rings is 2. The van der Waals surface area contributed by atoms with Gasteiger partial charge in [-0.25, -0.2) is 9.97 Å². The third-order valence-corrected chi connectivity index (χ3v) is 7.15. The maximum absolute atomic E-state index is 13.6. The van der Waals surface area contributed by atoms with Crippen LogP contribution >= 0.6 is 0 Å². The Kier molecular flexibility index (Phi) is 6.61. The second-order valence-corrected chi connectivity index (χ2v) is 9.69. The molecule has 0 amide bonds. The molecular weight excluding hydrogens is 500 g/mol. The highest BCUT2D eigenvalue weighted by atomic mass is 16.5. The van der Waals surface area contributed by atoms with Gasteiger partial charge >= 0.3 is 0 Å². The van der Waals surface area contributed by atoms with Crippen LogP contribution in [0.25, 0.3) is 16.9 Å². The van der Waals surface area contributed by atoms with Crippen molar-refractivity contribution in [2.45, 2.75) is 37.6 Å². The highest BCUT2D eigenvalue weighted by Gasteiger charge is 2.28. The monoisotopic (exact) mass is 530 g/mol. The largest absolute Gasteiger partial charge is 0.491 e. The van der Waals surface area contributed by atoms with Crippen molar-refractivity contribution in [3.05, 3.63) is 64.9 Å². The summed E-state index contributed by atoms with van der Waals surface area (Å²) in [7, 11) is 3.37. The Morgan fingerprint density at radius 2 is 2.00 bits per heavy atom. The molecule has 39 heavy (non-hydrogen) atoms. The SMILES string of the molecule is COc1c(O/C(=C/N)c2cnccn2)cnc2nc(Nc3cc(C4CC4)cn(C4CCOCC4)c3=O)n(C)c12. The van der Waals surface area contributed by atoms with Gasteiger partial charge in [0.25, 0.3) is 5.56 Å². The summed E-state index contributed by atoms with van der Waals surface area (Å²) >= 11 is 0. The van der Waals surface area contributed by atoms with Crippen LogP contribution in [0.5, 0.6) is 11.5 Å². The van der Waals surface area contributed by atoms with Gasteiger partial charge in [-0.3, -0.25) is 9.78 Å². The van der Waals surface area contributed by atoms with E-state index in [1.807, 2.05) is 23.9 Å². The molecule has 0 radical (unpaired) electrons. The fourth-order valence-corrected chi connectivity index (χ4v) is 4.93. The summed E-state index contributed by atoms with van der Waals surface area (Å²) in [4.78, 5) is 31.1. The molecule has 2 aliphatic rings. The molecule has 0 atom stereocenters. The second-order valence-electron chi connectivity index (χ2n) is 9.69. The van der Waals surface area contributed by atoms with Crippen LogP contribution in [0.4, 0.5) is 11.6 Å². The van der Waals surface area contributed by atoms with Gasteiger partial charge in [0.05, 0.1) is 19.5 Å². The number of imidazole rings is 1. The standard InChI is InChI=1S/C27H30N8O4/c1-34-23-24(37-2)22(39-21(12-28)20-13-29-7-8-30-20)14-31-25(23)33-27(34)32-19-11-17(16-3-4-16)15-35(26(19)36)18-5-9-38-10-6-18/h7-8,11-16,18H,3-6,9-10,28H2,1-2H3,(H,31,32,33)/b21-12+. The smallest absolute Gasteiger partial charge is 0.274 e.